The van der Waals surface area contributed by atoms with Gasteiger partial charge in [-0.3, -0.25) is 9.59 Å². The van der Waals surface area contributed by atoms with E-state index in [1.165, 1.54) is 0 Å². The molecule has 2 N–H and O–H groups in total. The minimum atomic E-state index is -0.402. The van der Waals surface area contributed by atoms with Crippen LogP contribution < -0.4 is 15.4 Å². The summed E-state index contributed by atoms with van der Waals surface area (Å²) in [5, 5.41) is 5.61. The summed E-state index contributed by atoms with van der Waals surface area (Å²) in [4.78, 5) is 25.7. The van der Waals surface area contributed by atoms with Crippen LogP contribution in [0.4, 0.5) is 5.69 Å². The molecule has 0 atom stereocenters. The molecule has 2 amide bonds. The van der Waals surface area contributed by atoms with Crippen LogP contribution in [0.3, 0.4) is 0 Å². The summed E-state index contributed by atoms with van der Waals surface area (Å²) in [7, 11) is 1.58. The molecular weight excluding hydrogens is 364 g/mol. The first kappa shape index (κ1) is 19.9. The van der Waals surface area contributed by atoms with Gasteiger partial charge in [-0.15, -0.1) is 0 Å². The highest BCUT2D eigenvalue weighted by Gasteiger charge is 2.18. The number of benzene rings is 3. The molecule has 0 fully saturated rings. The average molecular weight is 386 g/mol. The highest BCUT2D eigenvalue weighted by Crippen LogP contribution is 2.20. The minimum Gasteiger partial charge on any atom is -0.497 e. The van der Waals surface area contributed by atoms with E-state index >= 15 is 0 Å². The van der Waals surface area contributed by atoms with Crippen LogP contribution in [-0.4, -0.2) is 18.9 Å². The minimum absolute atomic E-state index is 0.195. The van der Waals surface area contributed by atoms with Crippen LogP contribution >= 0.6 is 0 Å². The molecule has 5 heteroatoms. The lowest BCUT2D eigenvalue weighted by atomic mass is 10.0. The third-order valence-corrected chi connectivity index (χ3v) is 4.43. The second-order valence-corrected chi connectivity index (χ2v) is 6.37. The van der Waals surface area contributed by atoms with Crippen molar-refractivity contribution in [3.63, 3.8) is 0 Å². The second kappa shape index (κ2) is 9.37. The van der Waals surface area contributed by atoms with Crippen molar-refractivity contribution in [2.45, 2.75) is 6.92 Å². The van der Waals surface area contributed by atoms with Crippen LogP contribution in [-0.2, 0) is 4.79 Å². The van der Waals surface area contributed by atoms with Gasteiger partial charge in [-0.1, -0.05) is 48.5 Å². The summed E-state index contributed by atoms with van der Waals surface area (Å²) >= 11 is 0. The molecule has 5 nitrogen and oxygen atoms in total. The van der Waals surface area contributed by atoms with E-state index in [9.17, 15) is 9.59 Å². The summed E-state index contributed by atoms with van der Waals surface area (Å²) < 4.78 is 5.14. The second-order valence-electron chi connectivity index (χ2n) is 6.37. The monoisotopic (exact) mass is 386 g/mol. The van der Waals surface area contributed by atoms with Gasteiger partial charge in [0.05, 0.1) is 7.11 Å². The third kappa shape index (κ3) is 5.11. The van der Waals surface area contributed by atoms with Crippen LogP contribution in [0.25, 0.3) is 5.57 Å². The first-order valence-electron chi connectivity index (χ1n) is 9.16. The molecular formula is C24H22N2O3. The van der Waals surface area contributed by atoms with E-state index in [1.54, 1.807) is 55.6 Å². The maximum absolute atomic E-state index is 13.0. The molecule has 3 aromatic rings. The fraction of sp³-hybridized carbons (Fsp3) is 0.0833. The van der Waals surface area contributed by atoms with Gasteiger partial charge >= 0.3 is 0 Å². The van der Waals surface area contributed by atoms with E-state index in [0.29, 0.717) is 22.6 Å². The quantitative estimate of drug-likeness (QED) is 0.613. The van der Waals surface area contributed by atoms with Crippen molar-refractivity contribution in [2.75, 3.05) is 12.4 Å². The van der Waals surface area contributed by atoms with Crippen LogP contribution in [0, 0.1) is 0 Å². The zero-order valence-electron chi connectivity index (χ0n) is 16.3. The Kier molecular flexibility index (Phi) is 6.43. The number of rotatable bonds is 6. The fourth-order valence-corrected chi connectivity index (χ4v) is 2.80. The van der Waals surface area contributed by atoms with Crippen molar-refractivity contribution in [1.29, 1.82) is 0 Å². The van der Waals surface area contributed by atoms with Gasteiger partial charge in [-0.05, 0) is 54.5 Å². The molecule has 0 aliphatic heterocycles. The molecule has 29 heavy (non-hydrogen) atoms. The molecule has 0 bridgehead atoms. The van der Waals surface area contributed by atoms with Crippen LogP contribution in [0.1, 0.15) is 22.8 Å². The number of allylic oxidation sites excluding steroid dienone is 1. The molecule has 3 rings (SSSR count). The Morgan fingerprint density at radius 3 is 1.86 bits per heavy atom. The van der Waals surface area contributed by atoms with Gasteiger partial charge in [0, 0.05) is 11.3 Å². The highest BCUT2D eigenvalue weighted by atomic mass is 16.5. The van der Waals surface area contributed by atoms with Crippen LogP contribution in [0.15, 0.2) is 90.6 Å². The molecule has 0 saturated carbocycles. The van der Waals surface area contributed by atoms with Crippen LogP contribution in [0.2, 0.25) is 0 Å². The summed E-state index contributed by atoms with van der Waals surface area (Å²) in [6.45, 7) is 1.81. The Bertz CT molecular complexity index is 1010. The van der Waals surface area contributed by atoms with Crippen molar-refractivity contribution >= 4 is 23.1 Å². The molecule has 3 aromatic carbocycles. The molecule has 0 aliphatic rings. The number of ether oxygens (including phenoxy) is 1. The molecule has 0 radical (unpaired) electrons. The normalized spacial score (nSPS) is 11.2. The van der Waals surface area contributed by atoms with Gasteiger partial charge in [0.2, 0.25) is 0 Å². The Morgan fingerprint density at radius 1 is 0.759 bits per heavy atom. The van der Waals surface area contributed by atoms with Gasteiger partial charge in [0.15, 0.2) is 0 Å². The maximum Gasteiger partial charge on any atom is 0.272 e. The number of amides is 2. The largest absolute Gasteiger partial charge is 0.497 e. The number of anilines is 1. The van der Waals surface area contributed by atoms with Gasteiger partial charge in [-0.2, -0.15) is 0 Å². The summed E-state index contributed by atoms with van der Waals surface area (Å²) in [5.41, 5.74) is 2.79. The van der Waals surface area contributed by atoms with E-state index in [4.69, 9.17) is 4.74 Å². The summed E-state index contributed by atoms with van der Waals surface area (Å²) in [5.74, 6) is -0.0572. The van der Waals surface area contributed by atoms with E-state index in [0.717, 1.165) is 5.56 Å². The molecule has 0 aliphatic carbocycles. The Labute approximate surface area is 170 Å². The lowest BCUT2D eigenvalue weighted by molar-refractivity contribution is -0.113. The lowest BCUT2D eigenvalue weighted by Gasteiger charge is -2.15. The molecule has 0 saturated heterocycles. The Balaban J connectivity index is 1.91. The number of hydrogen-bond donors (Lipinski definition) is 2. The molecule has 146 valence electrons. The van der Waals surface area contributed by atoms with Gasteiger partial charge in [-0.25, -0.2) is 0 Å². The lowest BCUT2D eigenvalue weighted by Crippen LogP contribution is -2.31. The average Bonchev–Trinajstić information content (AvgIpc) is 2.78. The van der Waals surface area contributed by atoms with Crippen molar-refractivity contribution in [2.24, 2.45) is 0 Å². The van der Waals surface area contributed by atoms with Gasteiger partial charge in [0.1, 0.15) is 11.4 Å². The van der Waals surface area contributed by atoms with E-state index < -0.39 is 5.91 Å². The van der Waals surface area contributed by atoms with Crippen molar-refractivity contribution in [3.8, 4) is 5.75 Å². The SMILES string of the molecule is COc1ccc(NC(=O)/C(NC(=O)c2ccccc2)=C(\C)c2ccccc2)cc1. The first-order chi connectivity index (χ1) is 14.1. The summed E-state index contributed by atoms with van der Waals surface area (Å²) in [6.07, 6.45) is 0. The molecule has 0 spiro atoms. The van der Waals surface area contributed by atoms with Crippen molar-refractivity contribution in [1.82, 2.24) is 5.32 Å². The van der Waals surface area contributed by atoms with Crippen LogP contribution in [0.5, 0.6) is 5.75 Å². The molecule has 0 unspecified atom stereocenters. The zero-order valence-corrected chi connectivity index (χ0v) is 16.3. The number of methoxy groups -OCH3 is 1. The number of carbonyl (C=O) groups is 2. The molecule has 0 heterocycles. The number of hydrogen-bond acceptors (Lipinski definition) is 3. The highest BCUT2D eigenvalue weighted by molar-refractivity contribution is 6.12. The topological polar surface area (TPSA) is 67.4 Å². The van der Waals surface area contributed by atoms with Gasteiger partial charge in [0.25, 0.3) is 11.8 Å². The Hall–Kier alpha value is -3.86. The standard InChI is InChI=1S/C24H22N2O3/c1-17(18-9-5-3-6-10-18)22(26-23(27)19-11-7-4-8-12-19)24(28)25-20-13-15-21(29-2)16-14-20/h3-16H,1-2H3,(H,25,28)(H,26,27)/b22-17-. The maximum atomic E-state index is 13.0. The number of carbonyl (C=O) groups excluding carboxylic acids is 2. The van der Waals surface area contributed by atoms with E-state index in [-0.39, 0.29) is 11.6 Å². The predicted molar refractivity (Wildman–Crippen MR) is 115 cm³/mol. The van der Waals surface area contributed by atoms with Crippen molar-refractivity contribution < 1.29 is 14.3 Å². The fourth-order valence-electron chi connectivity index (χ4n) is 2.80. The van der Waals surface area contributed by atoms with Gasteiger partial charge < -0.3 is 15.4 Å². The van der Waals surface area contributed by atoms with E-state index in [1.807, 2.05) is 43.3 Å². The molecule has 0 aromatic heterocycles. The summed E-state index contributed by atoms with van der Waals surface area (Å²) in [6, 6.07) is 25.2. The smallest absolute Gasteiger partial charge is 0.272 e. The zero-order chi connectivity index (χ0) is 20.6. The first-order valence-corrected chi connectivity index (χ1v) is 9.16. The van der Waals surface area contributed by atoms with Crippen molar-refractivity contribution in [3.05, 3.63) is 102 Å². The Morgan fingerprint density at radius 2 is 1.31 bits per heavy atom. The predicted octanol–water partition coefficient (Wildman–Crippen LogP) is 4.49. The number of nitrogens with one attached hydrogen (secondary N) is 2. The third-order valence-electron chi connectivity index (χ3n) is 4.43. The van der Waals surface area contributed by atoms with E-state index in [2.05, 4.69) is 10.6 Å².